The van der Waals surface area contributed by atoms with E-state index in [0.717, 1.165) is 11.6 Å². The molecular formula is C16H19N3. The fourth-order valence-corrected chi connectivity index (χ4v) is 2.80. The maximum atomic E-state index is 4.40. The number of aromatic nitrogens is 2. The molecule has 1 aliphatic rings. The summed E-state index contributed by atoms with van der Waals surface area (Å²) in [6.07, 6.45) is 7.41. The molecule has 1 saturated carbocycles. The zero-order valence-electron chi connectivity index (χ0n) is 11.2. The molecule has 1 aromatic carbocycles. The highest BCUT2D eigenvalue weighted by Crippen LogP contribution is 2.40. The second kappa shape index (κ2) is 5.49. The van der Waals surface area contributed by atoms with Gasteiger partial charge in [-0.3, -0.25) is 0 Å². The van der Waals surface area contributed by atoms with Crippen molar-refractivity contribution in [2.24, 2.45) is 0 Å². The molecular weight excluding hydrogens is 234 g/mol. The van der Waals surface area contributed by atoms with E-state index in [4.69, 9.17) is 0 Å². The van der Waals surface area contributed by atoms with E-state index < -0.39 is 0 Å². The number of benzene rings is 1. The topological polar surface area (TPSA) is 37.8 Å². The van der Waals surface area contributed by atoms with Gasteiger partial charge in [0.15, 0.2) is 0 Å². The van der Waals surface area contributed by atoms with Crippen molar-refractivity contribution in [2.75, 3.05) is 7.05 Å². The average molecular weight is 253 g/mol. The van der Waals surface area contributed by atoms with Gasteiger partial charge in [-0.05, 0) is 43.0 Å². The Balaban J connectivity index is 1.99. The quantitative estimate of drug-likeness (QED) is 0.910. The Kier molecular flexibility index (Phi) is 3.56. The zero-order chi connectivity index (χ0) is 13.1. The van der Waals surface area contributed by atoms with E-state index in [2.05, 4.69) is 39.6 Å². The van der Waals surface area contributed by atoms with Gasteiger partial charge in [-0.25, -0.2) is 9.97 Å². The predicted molar refractivity (Wildman–Crippen MR) is 76.0 cm³/mol. The predicted octanol–water partition coefficient (Wildman–Crippen LogP) is 3.05. The molecule has 0 aliphatic heterocycles. The summed E-state index contributed by atoms with van der Waals surface area (Å²) in [6, 6.07) is 10.9. The van der Waals surface area contributed by atoms with Crippen LogP contribution in [0, 0.1) is 0 Å². The van der Waals surface area contributed by atoms with Crippen molar-refractivity contribution in [1.29, 1.82) is 0 Å². The third-order valence-electron chi connectivity index (χ3n) is 4.04. The van der Waals surface area contributed by atoms with Crippen molar-refractivity contribution in [3.05, 3.63) is 59.7 Å². The monoisotopic (exact) mass is 253 g/mol. The van der Waals surface area contributed by atoms with Crippen LogP contribution in [0.25, 0.3) is 0 Å². The molecule has 2 aromatic rings. The molecule has 0 bridgehead atoms. The summed E-state index contributed by atoms with van der Waals surface area (Å²) in [4.78, 5) is 8.40. The Hall–Kier alpha value is -1.74. The lowest BCUT2D eigenvalue weighted by Crippen LogP contribution is -2.22. The lowest BCUT2D eigenvalue weighted by molar-refractivity contribution is 0.414. The van der Waals surface area contributed by atoms with Gasteiger partial charge in [0.25, 0.3) is 0 Å². The maximum Gasteiger partial charge on any atom is 0.115 e. The van der Waals surface area contributed by atoms with E-state index in [-0.39, 0.29) is 6.04 Å². The van der Waals surface area contributed by atoms with Crippen molar-refractivity contribution >= 4 is 0 Å². The molecule has 1 unspecified atom stereocenters. The van der Waals surface area contributed by atoms with Gasteiger partial charge in [0.2, 0.25) is 0 Å². The minimum Gasteiger partial charge on any atom is -0.308 e. The Labute approximate surface area is 114 Å². The summed E-state index contributed by atoms with van der Waals surface area (Å²) < 4.78 is 0. The summed E-state index contributed by atoms with van der Waals surface area (Å²) in [7, 11) is 1.99. The molecule has 98 valence electrons. The second-order valence-electron chi connectivity index (χ2n) is 5.11. The average Bonchev–Trinajstić information content (AvgIpc) is 2.41. The fraction of sp³-hybridized carbons (Fsp3) is 0.375. The molecule has 1 heterocycles. The largest absolute Gasteiger partial charge is 0.308 e. The van der Waals surface area contributed by atoms with Crippen molar-refractivity contribution in [1.82, 2.24) is 15.3 Å². The molecule has 3 rings (SSSR count). The lowest BCUT2D eigenvalue weighted by Gasteiger charge is -2.30. The molecule has 1 atom stereocenters. The highest BCUT2D eigenvalue weighted by atomic mass is 14.9. The number of rotatable bonds is 4. The Morgan fingerprint density at radius 1 is 1.21 bits per heavy atom. The van der Waals surface area contributed by atoms with Crippen molar-refractivity contribution in [3.63, 3.8) is 0 Å². The molecule has 1 aromatic heterocycles. The molecule has 1 aliphatic carbocycles. The standard InChI is InChI=1S/C16H19N3/c1-17-16(15-9-10-18-11-19-15)14-8-3-2-7-13(14)12-5-4-6-12/h2-3,7-12,16-17H,4-6H2,1H3. The van der Waals surface area contributed by atoms with E-state index in [1.165, 1.54) is 30.4 Å². The third kappa shape index (κ3) is 2.38. The highest BCUT2D eigenvalue weighted by Gasteiger charge is 2.25. The molecule has 1 N–H and O–H groups in total. The summed E-state index contributed by atoms with van der Waals surface area (Å²) in [5.41, 5.74) is 3.87. The van der Waals surface area contributed by atoms with Crippen LogP contribution in [0.3, 0.4) is 0 Å². The molecule has 3 heteroatoms. The number of hydrogen-bond acceptors (Lipinski definition) is 3. The number of hydrogen-bond donors (Lipinski definition) is 1. The van der Waals surface area contributed by atoms with Gasteiger partial charge in [0, 0.05) is 6.20 Å². The van der Waals surface area contributed by atoms with E-state index in [0.29, 0.717) is 0 Å². The maximum absolute atomic E-state index is 4.40. The summed E-state index contributed by atoms with van der Waals surface area (Å²) in [5.74, 6) is 0.730. The second-order valence-corrected chi connectivity index (χ2v) is 5.11. The number of nitrogens with zero attached hydrogens (tertiary/aromatic N) is 2. The fourth-order valence-electron chi connectivity index (χ4n) is 2.80. The Morgan fingerprint density at radius 3 is 2.68 bits per heavy atom. The van der Waals surface area contributed by atoms with E-state index in [1.807, 2.05) is 13.1 Å². The van der Waals surface area contributed by atoms with E-state index in [9.17, 15) is 0 Å². The normalized spacial score (nSPS) is 16.9. The van der Waals surface area contributed by atoms with Gasteiger partial charge >= 0.3 is 0 Å². The van der Waals surface area contributed by atoms with Gasteiger partial charge in [-0.15, -0.1) is 0 Å². The Bertz CT molecular complexity index is 535. The summed E-state index contributed by atoms with van der Waals surface area (Å²) in [5, 5.41) is 3.39. The first-order chi connectivity index (χ1) is 9.40. The van der Waals surface area contributed by atoms with Crippen LogP contribution in [-0.2, 0) is 0 Å². The molecule has 0 saturated heterocycles. The molecule has 0 radical (unpaired) electrons. The summed E-state index contributed by atoms with van der Waals surface area (Å²) >= 11 is 0. The first kappa shape index (κ1) is 12.3. The van der Waals surface area contributed by atoms with Crippen molar-refractivity contribution < 1.29 is 0 Å². The minimum atomic E-state index is 0.153. The van der Waals surface area contributed by atoms with E-state index >= 15 is 0 Å². The van der Waals surface area contributed by atoms with Gasteiger partial charge in [-0.2, -0.15) is 0 Å². The molecule has 19 heavy (non-hydrogen) atoms. The Morgan fingerprint density at radius 2 is 2.05 bits per heavy atom. The van der Waals surface area contributed by atoms with Crippen molar-refractivity contribution in [3.8, 4) is 0 Å². The molecule has 1 fully saturated rings. The van der Waals surface area contributed by atoms with Crippen LogP contribution in [0.2, 0.25) is 0 Å². The minimum absolute atomic E-state index is 0.153. The number of nitrogens with one attached hydrogen (secondary N) is 1. The van der Waals surface area contributed by atoms with Gasteiger partial charge in [-0.1, -0.05) is 30.7 Å². The SMILES string of the molecule is CNC(c1ccncn1)c1ccccc1C1CCC1. The van der Waals surface area contributed by atoms with Crippen molar-refractivity contribution in [2.45, 2.75) is 31.2 Å². The third-order valence-corrected chi connectivity index (χ3v) is 4.04. The van der Waals surface area contributed by atoms with Crippen LogP contribution in [0.5, 0.6) is 0 Å². The smallest absolute Gasteiger partial charge is 0.115 e. The molecule has 0 amide bonds. The van der Waals surface area contributed by atoms with Gasteiger partial charge in [0.1, 0.15) is 6.33 Å². The molecule has 0 spiro atoms. The zero-order valence-corrected chi connectivity index (χ0v) is 11.2. The van der Waals surface area contributed by atoms with E-state index in [1.54, 1.807) is 12.5 Å². The molecule has 3 nitrogen and oxygen atoms in total. The van der Waals surface area contributed by atoms with Crippen LogP contribution in [0.4, 0.5) is 0 Å². The first-order valence-electron chi connectivity index (χ1n) is 6.92. The van der Waals surface area contributed by atoms with Crippen LogP contribution in [-0.4, -0.2) is 17.0 Å². The van der Waals surface area contributed by atoms with Crippen LogP contribution >= 0.6 is 0 Å². The first-order valence-corrected chi connectivity index (χ1v) is 6.92. The van der Waals surface area contributed by atoms with Crippen LogP contribution < -0.4 is 5.32 Å². The highest BCUT2D eigenvalue weighted by molar-refractivity contribution is 5.38. The lowest BCUT2D eigenvalue weighted by atomic mass is 9.77. The van der Waals surface area contributed by atoms with Crippen LogP contribution in [0.1, 0.15) is 48.0 Å². The van der Waals surface area contributed by atoms with Gasteiger partial charge in [0.05, 0.1) is 11.7 Å². The van der Waals surface area contributed by atoms with Gasteiger partial charge < -0.3 is 5.32 Å². The summed E-state index contributed by atoms with van der Waals surface area (Å²) in [6.45, 7) is 0. The van der Waals surface area contributed by atoms with Crippen LogP contribution in [0.15, 0.2) is 42.9 Å².